The van der Waals surface area contributed by atoms with E-state index >= 15 is 0 Å². The zero-order chi connectivity index (χ0) is 22.2. The number of anilines is 1. The maximum Gasteiger partial charge on any atom is 0.252 e. The quantitative estimate of drug-likeness (QED) is 0.716. The third-order valence-corrected chi connectivity index (χ3v) is 6.38. The highest BCUT2D eigenvalue weighted by Crippen LogP contribution is 2.24. The largest absolute Gasteiger partial charge is 0.497 e. The number of nitrogens with zero attached hydrogens (tertiary/aromatic N) is 3. The van der Waals surface area contributed by atoms with Gasteiger partial charge in [-0.2, -0.15) is 0 Å². The predicted octanol–water partition coefficient (Wildman–Crippen LogP) is 3.27. The molecule has 1 aromatic heterocycles. The van der Waals surface area contributed by atoms with Gasteiger partial charge >= 0.3 is 0 Å². The minimum absolute atomic E-state index is 0.0816. The number of aromatic nitrogens is 1. The van der Waals surface area contributed by atoms with Crippen LogP contribution in [-0.2, 0) is 4.74 Å². The summed E-state index contributed by atoms with van der Waals surface area (Å²) in [6, 6.07) is 12.0. The Balaban J connectivity index is 1.40. The number of carbonyl (C=O) groups excluding carboxylic acids is 1. The van der Waals surface area contributed by atoms with E-state index < -0.39 is 0 Å². The van der Waals surface area contributed by atoms with Gasteiger partial charge in [0.2, 0.25) is 0 Å². The molecule has 7 nitrogen and oxygen atoms in total. The average molecular weight is 439 g/mol. The molecule has 2 aliphatic rings. The van der Waals surface area contributed by atoms with Gasteiger partial charge in [0.15, 0.2) is 0 Å². The molecule has 1 amide bonds. The number of amides is 1. The SMILES string of the molecule is COc1ccc(C(CNC(=O)c2ccc(N3CCCCCC3)nc2)N2CCOCC2)cc1. The van der Waals surface area contributed by atoms with E-state index in [-0.39, 0.29) is 11.9 Å². The molecule has 2 aromatic rings. The summed E-state index contributed by atoms with van der Waals surface area (Å²) < 4.78 is 10.8. The van der Waals surface area contributed by atoms with Crippen LogP contribution < -0.4 is 15.0 Å². The van der Waals surface area contributed by atoms with Crippen molar-refractivity contribution in [3.8, 4) is 5.75 Å². The number of methoxy groups -OCH3 is 1. The van der Waals surface area contributed by atoms with Crippen LogP contribution >= 0.6 is 0 Å². The van der Waals surface area contributed by atoms with Gasteiger partial charge in [-0.05, 0) is 42.7 Å². The van der Waals surface area contributed by atoms with Crippen LogP contribution in [0.2, 0.25) is 0 Å². The second-order valence-corrected chi connectivity index (χ2v) is 8.45. The van der Waals surface area contributed by atoms with Crippen LogP contribution in [0.15, 0.2) is 42.6 Å². The molecule has 0 spiro atoms. The summed E-state index contributed by atoms with van der Waals surface area (Å²) in [4.78, 5) is 22.2. The van der Waals surface area contributed by atoms with Crippen LogP contribution in [0.3, 0.4) is 0 Å². The van der Waals surface area contributed by atoms with Crippen molar-refractivity contribution in [1.82, 2.24) is 15.2 Å². The van der Waals surface area contributed by atoms with Crippen LogP contribution in [0.1, 0.15) is 47.6 Å². The Kier molecular flexibility index (Phi) is 7.96. The van der Waals surface area contributed by atoms with E-state index in [1.807, 2.05) is 24.3 Å². The molecule has 7 heteroatoms. The number of hydrogen-bond donors (Lipinski definition) is 1. The van der Waals surface area contributed by atoms with Crippen molar-refractivity contribution in [2.75, 3.05) is 57.9 Å². The molecule has 1 aromatic carbocycles. The molecule has 1 unspecified atom stereocenters. The Morgan fingerprint density at radius 2 is 1.75 bits per heavy atom. The Morgan fingerprint density at radius 1 is 1.03 bits per heavy atom. The molecule has 0 radical (unpaired) electrons. The van der Waals surface area contributed by atoms with E-state index in [0.29, 0.717) is 25.3 Å². The molecule has 1 atom stereocenters. The summed E-state index contributed by atoms with van der Waals surface area (Å²) in [5.74, 6) is 1.70. The lowest BCUT2D eigenvalue weighted by Gasteiger charge is -2.35. The molecule has 0 aliphatic carbocycles. The summed E-state index contributed by atoms with van der Waals surface area (Å²) in [6.45, 7) is 5.73. The van der Waals surface area contributed by atoms with Crippen LogP contribution in [0.5, 0.6) is 5.75 Å². The number of rotatable bonds is 7. The van der Waals surface area contributed by atoms with Gasteiger partial charge in [0.25, 0.3) is 5.91 Å². The second kappa shape index (κ2) is 11.3. The molecule has 172 valence electrons. The van der Waals surface area contributed by atoms with Crippen molar-refractivity contribution in [3.05, 3.63) is 53.7 Å². The normalized spacial score (nSPS) is 18.6. The molecule has 1 N–H and O–H groups in total. The van der Waals surface area contributed by atoms with Gasteiger partial charge in [0, 0.05) is 38.9 Å². The number of carbonyl (C=O) groups is 1. The van der Waals surface area contributed by atoms with Gasteiger partial charge in [0.05, 0.1) is 31.9 Å². The third kappa shape index (κ3) is 5.78. The van der Waals surface area contributed by atoms with Gasteiger partial charge in [-0.25, -0.2) is 4.98 Å². The monoisotopic (exact) mass is 438 g/mol. The van der Waals surface area contributed by atoms with Crippen molar-refractivity contribution in [2.24, 2.45) is 0 Å². The van der Waals surface area contributed by atoms with E-state index in [0.717, 1.165) is 43.3 Å². The number of pyridine rings is 1. The van der Waals surface area contributed by atoms with Gasteiger partial charge < -0.3 is 19.7 Å². The van der Waals surface area contributed by atoms with Gasteiger partial charge in [-0.1, -0.05) is 25.0 Å². The molecule has 3 heterocycles. The summed E-state index contributed by atoms with van der Waals surface area (Å²) >= 11 is 0. The molecular weight excluding hydrogens is 404 g/mol. The Hall–Kier alpha value is -2.64. The minimum atomic E-state index is -0.0910. The van der Waals surface area contributed by atoms with Crippen LogP contribution in [0.25, 0.3) is 0 Å². The summed E-state index contributed by atoms with van der Waals surface area (Å²) in [5.41, 5.74) is 1.75. The zero-order valence-corrected chi connectivity index (χ0v) is 19.0. The molecule has 32 heavy (non-hydrogen) atoms. The maximum atomic E-state index is 12.9. The predicted molar refractivity (Wildman–Crippen MR) is 125 cm³/mol. The first-order valence-electron chi connectivity index (χ1n) is 11.7. The topological polar surface area (TPSA) is 66.9 Å². The van der Waals surface area contributed by atoms with Gasteiger partial charge in [-0.15, -0.1) is 0 Å². The first kappa shape index (κ1) is 22.6. The molecule has 4 rings (SSSR count). The summed E-state index contributed by atoms with van der Waals surface area (Å²) in [7, 11) is 1.67. The van der Waals surface area contributed by atoms with E-state index in [9.17, 15) is 4.79 Å². The van der Waals surface area contributed by atoms with Crippen LogP contribution in [-0.4, -0.2) is 68.8 Å². The first-order chi connectivity index (χ1) is 15.7. The summed E-state index contributed by atoms with van der Waals surface area (Å²) in [5, 5.41) is 3.13. The van der Waals surface area contributed by atoms with Crippen LogP contribution in [0.4, 0.5) is 5.82 Å². The van der Waals surface area contributed by atoms with Crippen LogP contribution in [0, 0.1) is 0 Å². The fourth-order valence-corrected chi connectivity index (χ4v) is 4.47. The third-order valence-electron chi connectivity index (χ3n) is 6.38. The van der Waals surface area contributed by atoms with Gasteiger partial charge in [-0.3, -0.25) is 9.69 Å². The minimum Gasteiger partial charge on any atom is -0.497 e. The molecule has 0 bridgehead atoms. The Bertz CT molecular complexity index is 842. The van der Waals surface area contributed by atoms with E-state index in [1.165, 1.54) is 25.7 Å². The van der Waals surface area contributed by atoms with E-state index in [4.69, 9.17) is 9.47 Å². The highest BCUT2D eigenvalue weighted by molar-refractivity contribution is 5.94. The van der Waals surface area contributed by atoms with E-state index in [1.54, 1.807) is 13.3 Å². The molecule has 2 saturated heterocycles. The highest BCUT2D eigenvalue weighted by Gasteiger charge is 2.23. The molecular formula is C25H34N4O3. The second-order valence-electron chi connectivity index (χ2n) is 8.45. The lowest BCUT2D eigenvalue weighted by Crippen LogP contribution is -2.43. The fraction of sp³-hybridized carbons (Fsp3) is 0.520. The van der Waals surface area contributed by atoms with Crippen molar-refractivity contribution in [1.29, 1.82) is 0 Å². The van der Waals surface area contributed by atoms with E-state index in [2.05, 4.69) is 32.2 Å². The first-order valence-corrected chi connectivity index (χ1v) is 11.7. The Labute approximate surface area is 190 Å². The number of ether oxygens (including phenoxy) is 2. The maximum absolute atomic E-state index is 12.9. The zero-order valence-electron chi connectivity index (χ0n) is 19.0. The number of benzene rings is 1. The van der Waals surface area contributed by atoms with Gasteiger partial charge in [0.1, 0.15) is 11.6 Å². The molecule has 2 aliphatic heterocycles. The standard InChI is InChI=1S/C25H34N4O3/c1-31-22-9-6-20(7-10-22)23(28-14-16-32-17-15-28)19-27-25(30)21-8-11-24(26-18-21)29-12-4-2-3-5-13-29/h6-11,18,23H,2-5,12-17,19H2,1H3,(H,27,30). The van der Waals surface area contributed by atoms with Crippen molar-refractivity contribution in [2.45, 2.75) is 31.7 Å². The molecule has 0 saturated carbocycles. The molecule has 2 fully saturated rings. The van der Waals surface area contributed by atoms with Crippen molar-refractivity contribution in [3.63, 3.8) is 0 Å². The number of nitrogens with one attached hydrogen (secondary N) is 1. The number of hydrogen-bond acceptors (Lipinski definition) is 6. The van der Waals surface area contributed by atoms with Crippen molar-refractivity contribution < 1.29 is 14.3 Å². The lowest BCUT2D eigenvalue weighted by atomic mass is 10.0. The smallest absolute Gasteiger partial charge is 0.252 e. The number of morpholine rings is 1. The Morgan fingerprint density at radius 3 is 2.38 bits per heavy atom. The fourth-order valence-electron chi connectivity index (χ4n) is 4.47. The highest BCUT2D eigenvalue weighted by atomic mass is 16.5. The van der Waals surface area contributed by atoms with Crippen molar-refractivity contribution >= 4 is 11.7 Å². The average Bonchev–Trinajstić information content (AvgIpc) is 3.15. The lowest BCUT2D eigenvalue weighted by molar-refractivity contribution is 0.0162. The summed E-state index contributed by atoms with van der Waals surface area (Å²) in [6.07, 6.45) is 6.69.